The van der Waals surface area contributed by atoms with Gasteiger partial charge in [0.2, 0.25) is 15.9 Å². The molecule has 0 unspecified atom stereocenters. The molecule has 3 atom stereocenters. The number of aliphatic hydroxyl groups is 2. The lowest BCUT2D eigenvalue weighted by molar-refractivity contribution is -0.124. The Labute approximate surface area is 303 Å². The van der Waals surface area contributed by atoms with E-state index >= 15 is 0 Å². The number of sulfonamides is 1. The van der Waals surface area contributed by atoms with Gasteiger partial charge in [-0.1, -0.05) is 44.2 Å². The number of aliphatic hydroxyl groups excluding tert-OH is 2. The fourth-order valence-electron chi connectivity index (χ4n) is 6.73. The highest BCUT2D eigenvalue weighted by Gasteiger charge is 2.46. The first-order valence-electron chi connectivity index (χ1n) is 17.4. The second-order valence-electron chi connectivity index (χ2n) is 13.7. The molecule has 0 aliphatic heterocycles. The number of ether oxygens (including phenoxy) is 1. The molecular formula is C38H48F3N3O7S. The maximum atomic E-state index is 14.6. The quantitative estimate of drug-likeness (QED) is 0.143. The monoisotopic (exact) mass is 747 g/mol. The zero-order valence-corrected chi connectivity index (χ0v) is 30.4. The van der Waals surface area contributed by atoms with Crippen molar-refractivity contribution >= 4 is 22.0 Å². The van der Waals surface area contributed by atoms with Crippen LogP contribution in [0.4, 0.5) is 18.0 Å². The van der Waals surface area contributed by atoms with Crippen LogP contribution in [0.5, 0.6) is 0 Å². The van der Waals surface area contributed by atoms with Gasteiger partial charge in [0, 0.05) is 30.1 Å². The van der Waals surface area contributed by atoms with Crippen molar-refractivity contribution in [3.8, 4) is 0 Å². The van der Waals surface area contributed by atoms with Crippen LogP contribution in [0.2, 0.25) is 0 Å². The smallest absolute Gasteiger partial charge is 0.410 e. The number of nitrogens with zero attached hydrogens (tertiary/aromatic N) is 2. The molecule has 4 rings (SSSR count). The van der Waals surface area contributed by atoms with Crippen molar-refractivity contribution in [3.05, 3.63) is 101 Å². The van der Waals surface area contributed by atoms with Crippen molar-refractivity contribution in [1.29, 1.82) is 0 Å². The number of amides is 2. The summed E-state index contributed by atoms with van der Waals surface area (Å²) in [6.07, 6.45) is 1.82. The Hall–Kier alpha value is -3.98. The van der Waals surface area contributed by atoms with Crippen molar-refractivity contribution in [3.63, 3.8) is 0 Å². The maximum absolute atomic E-state index is 14.6. The Morgan fingerprint density at radius 1 is 0.904 bits per heavy atom. The average Bonchev–Trinajstić information content (AvgIpc) is 3.96. The predicted molar refractivity (Wildman–Crippen MR) is 189 cm³/mol. The Bertz CT molecular complexity index is 1710. The third kappa shape index (κ3) is 9.91. The number of benzene rings is 3. The van der Waals surface area contributed by atoms with E-state index in [9.17, 15) is 41.4 Å². The van der Waals surface area contributed by atoms with Crippen molar-refractivity contribution in [2.24, 2.45) is 17.6 Å². The first-order valence-corrected chi connectivity index (χ1v) is 18.9. The van der Waals surface area contributed by atoms with Crippen LogP contribution < -0.4 is 5.73 Å². The number of halogens is 3. The van der Waals surface area contributed by atoms with E-state index in [4.69, 9.17) is 10.5 Å². The fraction of sp³-hybridized carbons (Fsp3) is 0.474. The molecule has 0 bridgehead atoms. The van der Waals surface area contributed by atoms with Gasteiger partial charge in [0.15, 0.2) is 0 Å². The van der Waals surface area contributed by atoms with Gasteiger partial charge >= 0.3 is 6.09 Å². The molecule has 2 amide bonds. The first-order chi connectivity index (χ1) is 24.7. The number of carbonyl (C=O) groups is 2. The maximum Gasteiger partial charge on any atom is 0.410 e. The number of nitrogens with two attached hydrogens (primary N) is 1. The van der Waals surface area contributed by atoms with E-state index in [0.29, 0.717) is 24.0 Å². The second-order valence-corrected chi connectivity index (χ2v) is 15.6. The van der Waals surface area contributed by atoms with Crippen LogP contribution in [0.1, 0.15) is 75.0 Å². The van der Waals surface area contributed by atoms with Crippen LogP contribution in [0.25, 0.3) is 0 Å². The third-order valence-corrected chi connectivity index (χ3v) is 11.6. The molecule has 0 radical (unpaired) electrons. The molecule has 0 spiro atoms. The molecule has 1 aliphatic rings. The Morgan fingerprint density at radius 2 is 1.48 bits per heavy atom. The van der Waals surface area contributed by atoms with Crippen LogP contribution in [0, 0.1) is 29.3 Å². The topological polar surface area (TPSA) is 150 Å². The van der Waals surface area contributed by atoms with Gasteiger partial charge in [-0.2, -0.15) is 4.31 Å². The summed E-state index contributed by atoms with van der Waals surface area (Å²) in [5, 5.41) is 19.9. The number of hydrogen-bond donors (Lipinski definition) is 3. The Balaban J connectivity index is 1.68. The van der Waals surface area contributed by atoms with E-state index in [-0.39, 0.29) is 41.7 Å². The summed E-state index contributed by atoms with van der Waals surface area (Å²) < 4.78 is 76.9. The number of carbonyl (C=O) groups excluding carboxylic acids is 2. The summed E-state index contributed by atoms with van der Waals surface area (Å²) >= 11 is 0. The molecule has 14 heteroatoms. The van der Waals surface area contributed by atoms with Gasteiger partial charge in [-0.25, -0.2) is 26.4 Å². The molecule has 3 aromatic rings. The lowest BCUT2D eigenvalue weighted by Gasteiger charge is -2.40. The van der Waals surface area contributed by atoms with E-state index in [2.05, 4.69) is 0 Å². The van der Waals surface area contributed by atoms with E-state index in [0.717, 1.165) is 18.9 Å². The van der Waals surface area contributed by atoms with Crippen LogP contribution in [0.15, 0.2) is 71.6 Å². The van der Waals surface area contributed by atoms with E-state index in [1.54, 1.807) is 0 Å². The van der Waals surface area contributed by atoms with E-state index in [1.165, 1.54) is 77.0 Å². The van der Waals surface area contributed by atoms with Crippen LogP contribution in [-0.4, -0.2) is 78.2 Å². The van der Waals surface area contributed by atoms with Crippen molar-refractivity contribution in [2.45, 2.75) is 87.9 Å². The molecule has 284 valence electrons. The number of methoxy groups -OCH3 is 1. The number of primary amides is 1. The highest BCUT2D eigenvalue weighted by atomic mass is 32.2. The standard InChI is InChI=1S/C38H48F3N3O7S/c1-24(2)19-20-43(52(49,50)32-18-13-28(22-45)33(41)21-32)31(23-46)5-4-6-34(25-7-8-25)44(38(48)51-3)36(37(42)47)35(26-9-14-29(39)15-10-26)27-11-16-30(40)17-12-27/h9-18,21,24-25,31,34-36,45-46H,4-8,19-20,22-23H2,1-3H3,(H2,42,47)/t31-,34+,36-/m0/s1. The number of hydrogen-bond acceptors (Lipinski definition) is 7. The normalized spacial score (nSPS) is 15.1. The highest BCUT2D eigenvalue weighted by Crippen LogP contribution is 2.42. The zero-order chi connectivity index (χ0) is 38.2. The molecule has 0 heterocycles. The molecule has 1 fully saturated rings. The molecule has 0 aromatic heterocycles. The van der Waals surface area contributed by atoms with E-state index < -0.39 is 76.7 Å². The van der Waals surface area contributed by atoms with Crippen molar-refractivity contribution < 1.29 is 46.1 Å². The summed E-state index contributed by atoms with van der Waals surface area (Å²) in [5.41, 5.74) is 6.92. The molecule has 52 heavy (non-hydrogen) atoms. The van der Waals surface area contributed by atoms with Crippen LogP contribution >= 0.6 is 0 Å². The summed E-state index contributed by atoms with van der Waals surface area (Å²) in [7, 11) is -3.12. The van der Waals surface area contributed by atoms with Gasteiger partial charge in [-0.15, -0.1) is 0 Å². The van der Waals surface area contributed by atoms with Crippen molar-refractivity contribution in [1.82, 2.24) is 9.21 Å². The molecule has 1 aliphatic carbocycles. The lowest BCUT2D eigenvalue weighted by atomic mass is 9.82. The minimum Gasteiger partial charge on any atom is -0.453 e. The minimum absolute atomic E-state index is 0.0513. The lowest BCUT2D eigenvalue weighted by Crippen LogP contribution is -2.56. The Kier molecular flexibility index (Phi) is 14.3. The SMILES string of the molecule is COC(=O)N([C@H](CCC[C@@H](CO)N(CCC(C)C)S(=O)(=O)c1ccc(CO)c(F)c1)C1CC1)[C@H](C(N)=O)C(c1ccc(F)cc1)c1ccc(F)cc1. The largest absolute Gasteiger partial charge is 0.453 e. The molecule has 0 saturated heterocycles. The third-order valence-electron chi connectivity index (χ3n) is 9.66. The number of rotatable bonds is 19. The van der Waals surface area contributed by atoms with Gasteiger partial charge < -0.3 is 20.7 Å². The van der Waals surface area contributed by atoms with Gasteiger partial charge in [-0.3, -0.25) is 9.69 Å². The van der Waals surface area contributed by atoms with Gasteiger partial charge in [0.05, 0.1) is 25.2 Å². The summed E-state index contributed by atoms with van der Waals surface area (Å²) in [6.45, 7) is 2.77. The average molecular weight is 748 g/mol. The van der Waals surface area contributed by atoms with Crippen molar-refractivity contribution in [2.75, 3.05) is 20.3 Å². The summed E-state index contributed by atoms with van der Waals surface area (Å²) in [6, 6.07) is 11.2. The van der Waals surface area contributed by atoms with Crippen LogP contribution in [-0.2, 0) is 26.2 Å². The molecule has 4 N–H and O–H groups in total. The molecule has 3 aromatic carbocycles. The van der Waals surface area contributed by atoms with Gasteiger partial charge in [-0.05, 0) is 97.9 Å². The Morgan fingerprint density at radius 3 is 1.92 bits per heavy atom. The molecule has 1 saturated carbocycles. The highest BCUT2D eigenvalue weighted by molar-refractivity contribution is 7.89. The zero-order valence-electron chi connectivity index (χ0n) is 29.6. The summed E-state index contributed by atoms with van der Waals surface area (Å²) in [4.78, 5) is 28.1. The first kappa shape index (κ1) is 40.8. The van der Waals surface area contributed by atoms with Crippen LogP contribution in [0.3, 0.4) is 0 Å². The molecule has 10 nitrogen and oxygen atoms in total. The predicted octanol–water partition coefficient (Wildman–Crippen LogP) is 5.70. The fourth-order valence-corrected chi connectivity index (χ4v) is 8.40. The van der Waals surface area contributed by atoms with Gasteiger partial charge in [0.25, 0.3) is 0 Å². The van der Waals surface area contributed by atoms with E-state index in [1.807, 2.05) is 13.8 Å². The van der Waals surface area contributed by atoms with Gasteiger partial charge in [0.1, 0.15) is 23.5 Å². The molecular weight excluding hydrogens is 699 g/mol. The summed E-state index contributed by atoms with van der Waals surface area (Å²) in [5.74, 6) is -3.65. The minimum atomic E-state index is -4.29. The second kappa shape index (κ2) is 18.2.